The molecular weight excluding hydrogens is 652 g/mol. The molecule has 2 atom stereocenters. The van der Waals surface area contributed by atoms with Gasteiger partial charge >= 0.3 is 35.8 Å². The van der Waals surface area contributed by atoms with E-state index in [0.717, 1.165) is 0 Å². The number of carboxylic acids is 6. The van der Waals surface area contributed by atoms with Gasteiger partial charge in [-0.05, 0) is 27.2 Å². The van der Waals surface area contributed by atoms with Crippen molar-refractivity contribution < 1.29 is 93.9 Å². The molecule has 0 aliphatic heterocycles. The van der Waals surface area contributed by atoms with Crippen molar-refractivity contribution >= 4 is 58.9 Å². The quantitative estimate of drug-likeness (QED) is 0.0738. The summed E-state index contributed by atoms with van der Waals surface area (Å²) in [6.07, 6.45) is -2.08. The van der Waals surface area contributed by atoms with Gasteiger partial charge in [0, 0.05) is 51.6 Å². The summed E-state index contributed by atoms with van der Waals surface area (Å²) in [5, 5.41) is 74.0. The van der Waals surface area contributed by atoms with Crippen molar-refractivity contribution in [3.63, 3.8) is 0 Å². The molecule has 0 aliphatic rings. The topological polar surface area (TPSA) is 353 Å². The summed E-state index contributed by atoms with van der Waals surface area (Å²) >= 11 is 0. The van der Waals surface area contributed by atoms with Crippen molar-refractivity contribution in [2.45, 2.75) is 116 Å². The zero-order valence-electron chi connectivity index (χ0n) is 27.2. The molecule has 0 amide bonds. The van der Waals surface area contributed by atoms with E-state index in [0.29, 0.717) is 6.42 Å². The number of hydrogen-bond donors (Lipinski definition) is 9. The van der Waals surface area contributed by atoms with Gasteiger partial charge in [0.05, 0.1) is 37.9 Å². The summed E-state index contributed by atoms with van der Waals surface area (Å²) in [5.41, 5.74) is 0. The van der Waals surface area contributed by atoms with E-state index in [-0.39, 0.29) is 94.6 Å². The lowest BCUT2D eigenvalue weighted by Gasteiger charge is -2.00. The predicted octanol–water partition coefficient (Wildman–Crippen LogP) is 0.561. The maximum absolute atomic E-state index is 10.7. The van der Waals surface area contributed by atoms with Crippen LogP contribution in [0.5, 0.6) is 0 Å². The van der Waals surface area contributed by atoms with E-state index >= 15 is 0 Å². The first kappa shape index (κ1) is 52.9. The number of aliphatic hydroxyl groups excluding tert-OH is 3. The van der Waals surface area contributed by atoms with Gasteiger partial charge in [0.25, 0.3) is 0 Å². The lowest BCUT2D eigenvalue weighted by molar-refractivity contribution is -0.143. The highest BCUT2D eigenvalue weighted by atomic mass is 16.4. The Morgan fingerprint density at radius 2 is 0.729 bits per heavy atom. The lowest BCUT2D eigenvalue weighted by atomic mass is 10.1. The highest BCUT2D eigenvalue weighted by Gasteiger charge is 2.10. The van der Waals surface area contributed by atoms with Gasteiger partial charge in [-0.1, -0.05) is 0 Å². The fourth-order valence-electron chi connectivity index (χ4n) is 2.37. The lowest BCUT2D eigenvalue weighted by Crippen LogP contribution is -2.10. The van der Waals surface area contributed by atoms with Crippen molar-refractivity contribution in [1.82, 2.24) is 0 Å². The van der Waals surface area contributed by atoms with Crippen LogP contribution in [0.3, 0.4) is 0 Å². The number of carbonyl (C=O) groups is 10. The highest BCUT2D eigenvalue weighted by molar-refractivity contribution is 5.95. The van der Waals surface area contributed by atoms with E-state index in [9.17, 15) is 47.9 Å². The summed E-state index contributed by atoms with van der Waals surface area (Å²) in [5.74, 6) is -7.09. The van der Waals surface area contributed by atoms with Gasteiger partial charge in [0.15, 0.2) is 0 Å². The fraction of sp³-hybridized carbons (Fsp3) is 0.655. The standard InChI is InChI=1S/2C7H12O4.C6H8O5.C5H8O3.C4H8O3/c2*1-5(8)4-6(9)2-3-7(10)11;7-4(3-6(10)11)1-2-5(8)9;1-4(6)2-3-5(7)8;5-3-1-2-4(6)7/h2*5,8H,2-4H2,1H3,(H,10,11);1-3H2,(H,8,9)(H,10,11);2-3H2,1H3,(H,7,8);5H,1-3H2,(H,6,7). The number of Topliss-reactive ketones (excluding diaryl/α,β-unsaturated/α-hetero) is 4. The second kappa shape index (κ2) is 35.2. The molecule has 0 spiro atoms. The number of carboxylic acid groups (broad SMARTS) is 6. The Morgan fingerprint density at radius 3 is 0.917 bits per heavy atom. The Bertz CT molecular complexity index is 964. The number of aliphatic carboxylic acids is 6. The predicted molar refractivity (Wildman–Crippen MR) is 162 cm³/mol. The van der Waals surface area contributed by atoms with Gasteiger partial charge in [0.2, 0.25) is 0 Å². The minimum Gasteiger partial charge on any atom is -0.481 e. The normalized spacial score (nSPS) is 10.5. The van der Waals surface area contributed by atoms with Crippen molar-refractivity contribution in [2.75, 3.05) is 6.61 Å². The van der Waals surface area contributed by atoms with Crippen molar-refractivity contribution in [2.24, 2.45) is 0 Å². The van der Waals surface area contributed by atoms with E-state index in [1.54, 1.807) is 0 Å². The first-order chi connectivity index (χ1) is 22.0. The van der Waals surface area contributed by atoms with Crippen LogP contribution in [0.1, 0.15) is 104 Å². The van der Waals surface area contributed by atoms with Gasteiger partial charge < -0.3 is 50.8 Å². The maximum Gasteiger partial charge on any atom is 0.310 e. The van der Waals surface area contributed by atoms with E-state index in [4.69, 9.17) is 46.0 Å². The average Bonchev–Trinajstić information content (AvgIpc) is 2.92. The van der Waals surface area contributed by atoms with Crippen LogP contribution in [0.25, 0.3) is 0 Å². The Balaban J connectivity index is -0.000000162. The van der Waals surface area contributed by atoms with Gasteiger partial charge in [-0.2, -0.15) is 0 Å². The molecule has 19 nitrogen and oxygen atoms in total. The van der Waals surface area contributed by atoms with Gasteiger partial charge in [-0.3, -0.25) is 43.2 Å². The zero-order chi connectivity index (χ0) is 38.8. The Kier molecular flexibility index (Phi) is 38.8. The molecule has 0 aliphatic carbocycles. The molecular formula is C29H48O19. The molecule has 0 saturated carbocycles. The Hall–Kier alpha value is -4.62. The number of hydrogen-bond acceptors (Lipinski definition) is 13. The molecule has 48 heavy (non-hydrogen) atoms. The van der Waals surface area contributed by atoms with E-state index in [2.05, 4.69) is 0 Å². The minimum atomic E-state index is -1.22. The molecule has 0 aromatic carbocycles. The molecule has 278 valence electrons. The fourth-order valence-corrected chi connectivity index (χ4v) is 2.37. The first-order valence-corrected chi connectivity index (χ1v) is 14.3. The smallest absolute Gasteiger partial charge is 0.310 e. The Labute approximate surface area is 276 Å². The van der Waals surface area contributed by atoms with Crippen LogP contribution in [0.4, 0.5) is 0 Å². The summed E-state index contributed by atoms with van der Waals surface area (Å²) in [6.45, 7) is 4.34. The number of rotatable bonds is 21. The van der Waals surface area contributed by atoms with E-state index in [1.165, 1.54) is 20.8 Å². The van der Waals surface area contributed by atoms with E-state index < -0.39 is 60.2 Å². The molecule has 2 unspecified atom stereocenters. The molecule has 0 rings (SSSR count). The van der Waals surface area contributed by atoms with Crippen LogP contribution in [0.2, 0.25) is 0 Å². The zero-order valence-corrected chi connectivity index (χ0v) is 27.2. The molecule has 19 heteroatoms. The van der Waals surface area contributed by atoms with Crippen LogP contribution >= 0.6 is 0 Å². The van der Waals surface area contributed by atoms with Crippen LogP contribution in [0, 0.1) is 0 Å². The number of aliphatic hydroxyl groups is 3. The largest absolute Gasteiger partial charge is 0.481 e. The molecule has 0 saturated heterocycles. The molecule has 0 aromatic heterocycles. The number of carbonyl (C=O) groups excluding carboxylic acids is 4. The summed E-state index contributed by atoms with van der Waals surface area (Å²) < 4.78 is 0. The van der Waals surface area contributed by atoms with Crippen LogP contribution in [-0.4, -0.2) is 124 Å². The van der Waals surface area contributed by atoms with Gasteiger partial charge in [0.1, 0.15) is 29.6 Å². The van der Waals surface area contributed by atoms with Crippen LogP contribution in [0.15, 0.2) is 0 Å². The monoisotopic (exact) mass is 700 g/mol. The van der Waals surface area contributed by atoms with Crippen LogP contribution in [-0.2, 0) is 47.9 Å². The summed E-state index contributed by atoms with van der Waals surface area (Å²) in [6, 6.07) is 0. The second-order valence-electron chi connectivity index (χ2n) is 9.79. The van der Waals surface area contributed by atoms with Crippen molar-refractivity contribution in [3.8, 4) is 0 Å². The first-order valence-electron chi connectivity index (χ1n) is 14.3. The van der Waals surface area contributed by atoms with Gasteiger partial charge in [-0.15, -0.1) is 0 Å². The summed E-state index contributed by atoms with van der Waals surface area (Å²) in [4.78, 5) is 101. The third kappa shape index (κ3) is 68.5. The van der Waals surface area contributed by atoms with Crippen molar-refractivity contribution in [3.05, 3.63) is 0 Å². The van der Waals surface area contributed by atoms with Gasteiger partial charge in [-0.25, -0.2) is 0 Å². The molecule has 9 N–H and O–H groups in total. The molecule has 0 radical (unpaired) electrons. The van der Waals surface area contributed by atoms with E-state index in [1.807, 2.05) is 0 Å². The second-order valence-corrected chi connectivity index (χ2v) is 9.79. The average molecular weight is 701 g/mol. The molecule has 0 fully saturated rings. The third-order valence-corrected chi connectivity index (χ3v) is 4.49. The molecule has 0 heterocycles. The minimum absolute atomic E-state index is 0.0141. The third-order valence-electron chi connectivity index (χ3n) is 4.49. The van der Waals surface area contributed by atoms with Crippen LogP contribution < -0.4 is 0 Å². The Morgan fingerprint density at radius 1 is 0.438 bits per heavy atom. The molecule has 0 bridgehead atoms. The number of ketones is 4. The maximum atomic E-state index is 10.7. The molecule has 0 aromatic rings. The summed E-state index contributed by atoms with van der Waals surface area (Å²) in [7, 11) is 0. The highest BCUT2D eigenvalue weighted by Crippen LogP contribution is 1.99. The van der Waals surface area contributed by atoms with Crippen molar-refractivity contribution in [1.29, 1.82) is 0 Å². The SMILES string of the molecule is CC(=O)CCC(=O)O.CC(O)CC(=O)CCC(=O)O.CC(O)CC(=O)CCC(=O)O.O=C(O)CCC(=O)CC(=O)O.O=C(O)CCCO.